The SMILES string of the molecule is CN(C)c1ccc([N-]NNN)cc1. The van der Waals surface area contributed by atoms with E-state index in [2.05, 4.69) is 16.5 Å². The zero-order valence-electron chi connectivity index (χ0n) is 7.78. The van der Waals surface area contributed by atoms with Gasteiger partial charge in [-0.05, 0) is 12.1 Å². The lowest BCUT2D eigenvalue weighted by molar-refractivity contribution is 0.648. The third-order valence-corrected chi connectivity index (χ3v) is 1.62. The van der Waals surface area contributed by atoms with Gasteiger partial charge in [0.2, 0.25) is 0 Å². The summed E-state index contributed by atoms with van der Waals surface area (Å²) in [6, 6.07) is 7.77. The fourth-order valence-corrected chi connectivity index (χ4v) is 0.922. The molecule has 0 aliphatic carbocycles. The Morgan fingerprint density at radius 1 is 1.23 bits per heavy atom. The molecule has 13 heavy (non-hydrogen) atoms. The van der Waals surface area contributed by atoms with Crippen molar-refractivity contribution in [3.8, 4) is 0 Å². The molecule has 0 saturated carbocycles. The van der Waals surface area contributed by atoms with Crippen molar-refractivity contribution in [1.82, 2.24) is 11.1 Å². The van der Waals surface area contributed by atoms with Crippen LogP contribution < -0.4 is 21.8 Å². The molecular formula is C8H14N5-. The van der Waals surface area contributed by atoms with Crippen molar-refractivity contribution in [1.29, 1.82) is 0 Å². The smallest absolute Gasteiger partial charge is 0.0360 e. The molecule has 0 atom stereocenters. The van der Waals surface area contributed by atoms with Gasteiger partial charge in [-0.15, -0.1) is 5.69 Å². The summed E-state index contributed by atoms with van der Waals surface area (Å²) in [7, 11) is 3.98. The number of hydrogen-bond donors (Lipinski definition) is 3. The van der Waals surface area contributed by atoms with Crippen LogP contribution in [-0.2, 0) is 0 Å². The zero-order chi connectivity index (χ0) is 9.68. The van der Waals surface area contributed by atoms with E-state index in [4.69, 9.17) is 5.84 Å². The summed E-state index contributed by atoms with van der Waals surface area (Å²) < 4.78 is 0. The van der Waals surface area contributed by atoms with E-state index < -0.39 is 0 Å². The van der Waals surface area contributed by atoms with Crippen molar-refractivity contribution in [2.75, 3.05) is 19.0 Å². The van der Waals surface area contributed by atoms with Gasteiger partial charge < -0.3 is 15.9 Å². The summed E-state index contributed by atoms with van der Waals surface area (Å²) in [6.45, 7) is 0. The Morgan fingerprint density at radius 2 is 1.85 bits per heavy atom. The first-order valence-electron chi connectivity index (χ1n) is 3.93. The second-order valence-electron chi connectivity index (χ2n) is 2.78. The monoisotopic (exact) mass is 180 g/mol. The maximum Gasteiger partial charge on any atom is 0.0360 e. The third-order valence-electron chi connectivity index (χ3n) is 1.62. The number of hydrazine groups is 2. The molecule has 5 nitrogen and oxygen atoms in total. The number of hydrogen-bond acceptors (Lipinski definition) is 4. The highest BCUT2D eigenvalue weighted by atomic mass is 15.7. The van der Waals surface area contributed by atoms with E-state index in [0.717, 1.165) is 11.4 Å². The summed E-state index contributed by atoms with van der Waals surface area (Å²) in [4.78, 5) is 2.03. The lowest BCUT2D eigenvalue weighted by Crippen LogP contribution is -2.33. The van der Waals surface area contributed by atoms with Crippen molar-refractivity contribution < 1.29 is 0 Å². The van der Waals surface area contributed by atoms with Gasteiger partial charge >= 0.3 is 0 Å². The zero-order valence-corrected chi connectivity index (χ0v) is 7.78. The van der Waals surface area contributed by atoms with Crippen molar-refractivity contribution in [3.05, 3.63) is 29.7 Å². The van der Waals surface area contributed by atoms with Crippen LogP contribution in [0.2, 0.25) is 0 Å². The molecule has 0 saturated heterocycles. The highest BCUT2D eigenvalue weighted by molar-refractivity contribution is 5.55. The van der Waals surface area contributed by atoms with Gasteiger partial charge in [-0.25, -0.2) is 5.53 Å². The van der Waals surface area contributed by atoms with Gasteiger partial charge in [0, 0.05) is 19.8 Å². The van der Waals surface area contributed by atoms with Crippen LogP contribution in [0.25, 0.3) is 5.43 Å². The summed E-state index contributed by atoms with van der Waals surface area (Å²) in [6.07, 6.45) is 0. The average Bonchev–Trinajstić information content (AvgIpc) is 2.15. The quantitative estimate of drug-likeness (QED) is 0.470. The normalized spacial score (nSPS) is 9.77. The van der Waals surface area contributed by atoms with E-state index in [1.807, 2.05) is 43.3 Å². The van der Waals surface area contributed by atoms with E-state index in [9.17, 15) is 0 Å². The van der Waals surface area contributed by atoms with Gasteiger partial charge in [0.1, 0.15) is 0 Å². The second kappa shape index (κ2) is 4.66. The fraction of sp³-hybridized carbons (Fsp3) is 0.250. The lowest BCUT2D eigenvalue weighted by atomic mass is 10.3. The van der Waals surface area contributed by atoms with Gasteiger partial charge in [-0.1, -0.05) is 12.1 Å². The summed E-state index contributed by atoms with van der Waals surface area (Å²) >= 11 is 0. The van der Waals surface area contributed by atoms with E-state index in [0.29, 0.717) is 0 Å². The number of anilines is 1. The molecule has 0 unspecified atom stereocenters. The molecule has 1 aromatic carbocycles. The summed E-state index contributed by atoms with van der Waals surface area (Å²) in [5, 5.41) is 0. The largest absolute Gasteiger partial charge is 0.608 e. The molecule has 72 valence electrons. The molecule has 5 heteroatoms. The predicted molar refractivity (Wildman–Crippen MR) is 54.2 cm³/mol. The van der Waals surface area contributed by atoms with Crippen molar-refractivity contribution in [2.45, 2.75) is 0 Å². The predicted octanol–water partition coefficient (Wildman–Crippen LogP) is 0.641. The molecule has 0 fully saturated rings. The van der Waals surface area contributed by atoms with Crippen LogP contribution in [0.15, 0.2) is 24.3 Å². The molecule has 0 amide bonds. The number of rotatable bonds is 4. The maximum absolute atomic E-state index is 4.99. The Kier molecular flexibility index (Phi) is 3.51. The van der Waals surface area contributed by atoms with Gasteiger partial charge in [0.05, 0.1) is 0 Å². The average molecular weight is 180 g/mol. The molecule has 1 rings (SSSR count). The highest BCUT2D eigenvalue weighted by Crippen LogP contribution is 2.19. The summed E-state index contributed by atoms with van der Waals surface area (Å²) in [5.74, 6) is 4.99. The fourth-order valence-electron chi connectivity index (χ4n) is 0.922. The highest BCUT2D eigenvalue weighted by Gasteiger charge is 1.90. The first kappa shape index (κ1) is 9.79. The van der Waals surface area contributed by atoms with Gasteiger partial charge in [-0.2, -0.15) is 0 Å². The first-order valence-corrected chi connectivity index (χ1v) is 3.93. The first-order chi connectivity index (χ1) is 6.24. The van der Waals surface area contributed by atoms with Gasteiger partial charge in [-0.3, -0.25) is 5.84 Å². The molecule has 4 N–H and O–H groups in total. The minimum atomic E-state index is 0.823. The molecular weight excluding hydrogens is 166 g/mol. The number of nitrogens with one attached hydrogen (secondary N) is 2. The van der Waals surface area contributed by atoms with Crippen molar-refractivity contribution in [3.63, 3.8) is 0 Å². The van der Waals surface area contributed by atoms with Crippen LogP contribution in [0.1, 0.15) is 0 Å². The van der Waals surface area contributed by atoms with E-state index in [1.165, 1.54) is 0 Å². The molecule has 0 aromatic heterocycles. The Hall–Kier alpha value is -1.30. The van der Waals surface area contributed by atoms with Crippen LogP contribution in [0.4, 0.5) is 11.4 Å². The van der Waals surface area contributed by atoms with E-state index >= 15 is 0 Å². The van der Waals surface area contributed by atoms with Crippen LogP contribution >= 0.6 is 0 Å². The Balaban J connectivity index is 2.59. The minimum absolute atomic E-state index is 0.823. The van der Waals surface area contributed by atoms with Gasteiger partial charge in [0.25, 0.3) is 0 Å². The van der Waals surface area contributed by atoms with Crippen LogP contribution in [0.5, 0.6) is 0 Å². The number of benzene rings is 1. The topological polar surface area (TPSA) is 67.4 Å². The molecule has 0 heterocycles. The molecule has 0 spiro atoms. The third kappa shape index (κ3) is 2.90. The Morgan fingerprint density at radius 3 is 2.31 bits per heavy atom. The van der Waals surface area contributed by atoms with Crippen molar-refractivity contribution >= 4 is 11.4 Å². The molecule has 0 aliphatic heterocycles. The lowest BCUT2D eigenvalue weighted by Gasteiger charge is -2.22. The second-order valence-corrected chi connectivity index (χ2v) is 2.78. The number of nitrogens with two attached hydrogens (primary N) is 1. The molecule has 0 radical (unpaired) electrons. The Labute approximate surface area is 77.8 Å². The molecule has 0 aliphatic rings. The summed E-state index contributed by atoms with van der Waals surface area (Å²) in [5.41, 5.74) is 10.6. The van der Waals surface area contributed by atoms with Gasteiger partial charge in [0.15, 0.2) is 0 Å². The molecule has 1 aromatic rings. The van der Waals surface area contributed by atoms with Crippen LogP contribution in [-0.4, -0.2) is 14.1 Å². The van der Waals surface area contributed by atoms with E-state index in [-0.39, 0.29) is 0 Å². The van der Waals surface area contributed by atoms with E-state index in [1.54, 1.807) is 0 Å². The standard InChI is InChI=1S/C8H14N5/c1-13(2)8-5-3-7(4-6-8)10-12-11-9/h3-6,11-12H,9H2,1-2H3/q-1. The van der Waals surface area contributed by atoms with Crippen LogP contribution in [0, 0.1) is 0 Å². The van der Waals surface area contributed by atoms with Crippen LogP contribution in [0.3, 0.4) is 0 Å². The number of nitrogens with zero attached hydrogens (tertiary/aromatic N) is 2. The van der Waals surface area contributed by atoms with Crippen molar-refractivity contribution in [2.24, 2.45) is 5.84 Å². The maximum atomic E-state index is 4.99. The minimum Gasteiger partial charge on any atom is -0.608 e. The molecule has 0 bridgehead atoms. The Bertz CT molecular complexity index is 243.